The summed E-state index contributed by atoms with van der Waals surface area (Å²) in [7, 11) is 0.106. The summed E-state index contributed by atoms with van der Waals surface area (Å²) < 4.78 is 22.5. The molecule has 0 unspecified atom stereocenters. The molecule has 1 atom stereocenters. The third kappa shape index (κ3) is 10.7. The fourth-order valence-electron chi connectivity index (χ4n) is 2.34. The van der Waals surface area contributed by atoms with Gasteiger partial charge in [0.25, 0.3) is 0 Å². The Bertz CT molecular complexity index is 369. The molecule has 5 heteroatoms. The van der Waals surface area contributed by atoms with E-state index < -0.39 is 0 Å². The maximum atomic E-state index is 7.50. The molecular formula is C16H19CrO3P. The Morgan fingerprint density at radius 3 is 1.71 bits per heavy atom. The minimum Gasteiger partial charge on any atom is 0 e. The molecule has 1 fully saturated rings. The molecule has 0 N–H and O–H groups in total. The summed E-state index contributed by atoms with van der Waals surface area (Å²) in [5.74, 6) is 0. The van der Waals surface area contributed by atoms with E-state index in [0.29, 0.717) is 0 Å². The monoisotopic (exact) mass is 342 g/mol. The summed E-state index contributed by atoms with van der Waals surface area (Å²) in [5, 5.41) is 1.59. The zero-order chi connectivity index (χ0) is 15.8. The molecule has 1 aliphatic carbocycles. The topological polar surface area (TPSA) is 59.7 Å². The van der Waals surface area contributed by atoms with Crippen LogP contribution in [0.3, 0.4) is 0 Å². The second-order valence-electron chi connectivity index (χ2n) is 4.24. The molecule has 3 nitrogen and oxygen atoms in total. The molecular weight excluding hydrogens is 323 g/mol. The third-order valence-corrected chi connectivity index (χ3v) is 6.01. The molecule has 1 aromatic rings. The van der Waals surface area contributed by atoms with Crippen LogP contribution in [0.2, 0.25) is 0 Å². The van der Waals surface area contributed by atoms with Gasteiger partial charge in [-0.25, -0.2) is 0 Å². The summed E-state index contributed by atoms with van der Waals surface area (Å²) in [5.41, 5.74) is 1.00. The van der Waals surface area contributed by atoms with Gasteiger partial charge in [0.2, 0.25) is 0 Å². The Balaban J connectivity index is -0.000000414. The van der Waals surface area contributed by atoms with Crippen LogP contribution in [0.25, 0.3) is 0 Å². The molecule has 0 heterocycles. The molecule has 0 saturated heterocycles. The molecule has 0 radical (unpaired) electrons. The van der Waals surface area contributed by atoms with Crippen LogP contribution < -0.4 is 5.30 Å². The standard InChI is InChI=1S/C13H19P.3CO.Cr/c1-14(12-8-4-2-5-9-12)13-10-6-3-7-11-13;3*1-2;/h2,4-5,8-9,13H,3,6-7,10-11H2,1H3;;;;/t14-;;;;/m0..../s1. The van der Waals surface area contributed by atoms with E-state index in [-0.39, 0.29) is 25.3 Å². The summed E-state index contributed by atoms with van der Waals surface area (Å²) in [6.07, 6.45) is 7.33. The maximum Gasteiger partial charge on any atom is 0 e. The van der Waals surface area contributed by atoms with Crippen molar-refractivity contribution in [2.24, 2.45) is 0 Å². The van der Waals surface area contributed by atoms with Gasteiger partial charge in [-0.05, 0) is 30.5 Å². The number of hydrogen-bond donors (Lipinski definition) is 0. The molecule has 0 aliphatic heterocycles. The van der Waals surface area contributed by atoms with E-state index in [9.17, 15) is 0 Å². The molecule has 0 aromatic heterocycles. The summed E-state index contributed by atoms with van der Waals surface area (Å²) in [6, 6.07) is 11.1. The van der Waals surface area contributed by atoms with Gasteiger partial charge >= 0.3 is 33.9 Å². The van der Waals surface area contributed by atoms with E-state index >= 15 is 0 Å². The Kier molecular flexibility index (Phi) is 23.4. The zero-order valence-electron chi connectivity index (χ0n) is 12.1. The molecule has 1 aliphatic rings. The van der Waals surface area contributed by atoms with Crippen molar-refractivity contribution < 1.29 is 31.3 Å². The van der Waals surface area contributed by atoms with Crippen LogP contribution in [0.5, 0.6) is 0 Å². The van der Waals surface area contributed by atoms with Gasteiger partial charge in [0.15, 0.2) is 0 Å². The molecule has 0 bridgehead atoms. The normalized spacial score (nSPS) is 14.0. The summed E-state index contributed by atoms with van der Waals surface area (Å²) >= 11 is 0. The van der Waals surface area contributed by atoms with Crippen LogP contribution in [0.15, 0.2) is 30.3 Å². The largest absolute Gasteiger partial charge is 0 e. The minimum absolute atomic E-state index is 0. The molecule has 21 heavy (non-hydrogen) atoms. The first-order chi connectivity index (χ1) is 9.88. The van der Waals surface area contributed by atoms with Crippen LogP contribution in [0.4, 0.5) is 0 Å². The van der Waals surface area contributed by atoms with Gasteiger partial charge in [-0.3, -0.25) is 0 Å². The van der Waals surface area contributed by atoms with Crippen molar-refractivity contribution in [3.63, 3.8) is 0 Å². The molecule has 1 saturated carbocycles. The van der Waals surface area contributed by atoms with E-state index in [1.807, 2.05) is 0 Å². The van der Waals surface area contributed by atoms with Crippen molar-refractivity contribution in [3.8, 4) is 0 Å². The summed E-state index contributed by atoms with van der Waals surface area (Å²) in [4.78, 5) is 0. The van der Waals surface area contributed by atoms with E-state index in [4.69, 9.17) is 14.0 Å². The van der Waals surface area contributed by atoms with Crippen LogP contribution >= 0.6 is 7.92 Å². The number of hydrogen-bond acceptors (Lipinski definition) is 0. The molecule has 1 aromatic carbocycles. The van der Waals surface area contributed by atoms with Crippen molar-refractivity contribution in [2.45, 2.75) is 37.8 Å². The van der Waals surface area contributed by atoms with Gasteiger partial charge in [0.05, 0.1) is 0 Å². The van der Waals surface area contributed by atoms with E-state index in [1.165, 1.54) is 32.1 Å². The molecule has 0 amide bonds. The zero-order valence-corrected chi connectivity index (χ0v) is 14.2. The van der Waals surface area contributed by atoms with Gasteiger partial charge in [-0.15, -0.1) is 0 Å². The fraction of sp³-hybridized carbons (Fsp3) is 0.438. The Morgan fingerprint density at radius 1 is 0.857 bits per heavy atom. The van der Waals surface area contributed by atoms with Gasteiger partial charge in [0.1, 0.15) is 0 Å². The first kappa shape index (κ1) is 25.4. The van der Waals surface area contributed by atoms with Crippen LogP contribution in [0, 0.1) is 20.0 Å². The predicted octanol–water partition coefficient (Wildman–Crippen LogP) is 3.64. The predicted molar refractivity (Wildman–Crippen MR) is 77.6 cm³/mol. The quantitative estimate of drug-likeness (QED) is 0.448. The van der Waals surface area contributed by atoms with Gasteiger partial charge in [0, 0.05) is 17.4 Å². The van der Waals surface area contributed by atoms with Gasteiger partial charge in [-0.2, -0.15) is 0 Å². The average Bonchev–Trinajstić information content (AvgIpc) is 2.61. The average molecular weight is 342 g/mol. The second-order valence-corrected chi connectivity index (χ2v) is 6.71. The first-order valence-electron chi connectivity index (χ1n) is 6.27. The Labute approximate surface area is 139 Å². The third-order valence-electron chi connectivity index (χ3n) is 3.29. The summed E-state index contributed by atoms with van der Waals surface area (Å²) in [6.45, 7) is 16.0. The van der Waals surface area contributed by atoms with E-state index in [2.05, 4.69) is 56.9 Å². The van der Waals surface area contributed by atoms with E-state index in [0.717, 1.165) is 5.66 Å². The molecule has 112 valence electrons. The molecule has 0 spiro atoms. The fourth-order valence-corrected chi connectivity index (χ4v) is 4.55. The van der Waals surface area contributed by atoms with Crippen LogP contribution in [0.1, 0.15) is 32.1 Å². The van der Waals surface area contributed by atoms with Crippen molar-refractivity contribution >= 4 is 13.2 Å². The van der Waals surface area contributed by atoms with Crippen LogP contribution in [-0.2, 0) is 31.3 Å². The van der Waals surface area contributed by atoms with Crippen molar-refractivity contribution in [2.75, 3.05) is 6.66 Å². The van der Waals surface area contributed by atoms with Crippen LogP contribution in [-0.4, -0.2) is 12.3 Å². The van der Waals surface area contributed by atoms with Crippen molar-refractivity contribution in [3.05, 3.63) is 50.3 Å². The smallest absolute Gasteiger partial charge is 0 e. The number of rotatable bonds is 2. The Hall–Kier alpha value is -0.598. The maximum absolute atomic E-state index is 7.50. The van der Waals surface area contributed by atoms with Crippen molar-refractivity contribution in [1.29, 1.82) is 0 Å². The first-order valence-corrected chi connectivity index (χ1v) is 8.13. The SMILES string of the molecule is C[P@@](c1ccccc1)C1CCCCC1.[C-]#[O+].[C-]#[O+].[C-]#[O+].[Cr]. The Morgan fingerprint density at radius 2 is 1.29 bits per heavy atom. The van der Waals surface area contributed by atoms with Gasteiger partial charge in [-0.1, -0.05) is 57.5 Å². The van der Waals surface area contributed by atoms with E-state index in [1.54, 1.807) is 5.30 Å². The van der Waals surface area contributed by atoms with Crippen molar-refractivity contribution in [1.82, 2.24) is 0 Å². The van der Waals surface area contributed by atoms with Gasteiger partial charge < -0.3 is 0 Å². The minimum atomic E-state index is 0. The second kappa shape index (κ2) is 19.4. The number of benzene rings is 1. The molecule has 2 rings (SSSR count).